The summed E-state index contributed by atoms with van der Waals surface area (Å²) in [5, 5.41) is 8.37. The van der Waals surface area contributed by atoms with Crippen molar-refractivity contribution >= 4 is 17.1 Å². The van der Waals surface area contributed by atoms with E-state index in [0.29, 0.717) is 0 Å². The molecule has 0 aliphatic carbocycles. The lowest BCUT2D eigenvalue weighted by molar-refractivity contribution is 0.866. The van der Waals surface area contributed by atoms with Gasteiger partial charge in [0.05, 0.1) is 11.4 Å². The van der Waals surface area contributed by atoms with E-state index in [9.17, 15) is 0 Å². The van der Waals surface area contributed by atoms with Crippen LogP contribution in [-0.4, -0.2) is 18.1 Å². The fraction of sp³-hybridized carbons (Fsp3) is 0.267. The Balaban J connectivity index is 2.09. The third kappa shape index (κ3) is 3.61. The minimum Gasteiger partial charge on any atom is -0.372 e. The number of aromatic nitrogens is 1. The topological polar surface area (TPSA) is 40.9 Å². The van der Waals surface area contributed by atoms with Gasteiger partial charge in [0, 0.05) is 31.2 Å². The van der Waals surface area contributed by atoms with Gasteiger partial charge in [0.25, 0.3) is 0 Å². The molecule has 0 saturated heterocycles. The highest BCUT2D eigenvalue weighted by Gasteiger charge is 2.00. The number of rotatable bonds is 5. The summed E-state index contributed by atoms with van der Waals surface area (Å²) >= 11 is 0. The smallest absolute Gasteiger partial charge is 0.0887 e. The van der Waals surface area contributed by atoms with Gasteiger partial charge in [-0.2, -0.15) is 10.2 Å². The van der Waals surface area contributed by atoms with Crippen molar-refractivity contribution in [3.05, 3.63) is 48.8 Å². The monoisotopic (exact) mass is 254 g/mol. The highest BCUT2D eigenvalue weighted by molar-refractivity contribution is 5.52. The molecule has 0 N–H and O–H groups in total. The molecule has 0 aliphatic heterocycles. The van der Waals surface area contributed by atoms with Gasteiger partial charge in [-0.25, -0.2) is 0 Å². The van der Waals surface area contributed by atoms with Crippen molar-refractivity contribution in [2.75, 3.05) is 18.0 Å². The predicted octanol–water partition coefficient (Wildman–Crippen LogP) is 4.34. The van der Waals surface area contributed by atoms with Crippen LogP contribution in [0.25, 0.3) is 0 Å². The molecular formula is C15H18N4. The molecule has 0 saturated carbocycles. The fourth-order valence-corrected chi connectivity index (χ4v) is 1.85. The lowest BCUT2D eigenvalue weighted by Crippen LogP contribution is -2.21. The normalized spacial score (nSPS) is 10.8. The van der Waals surface area contributed by atoms with Crippen LogP contribution in [0, 0.1) is 0 Å². The molecule has 1 aromatic carbocycles. The second kappa shape index (κ2) is 6.64. The van der Waals surface area contributed by atoms with Crippen molar-refractivity contribution in [1.82, 2.24) is 4.98 Å². The Bertz CT molecular complexity index is 516. The standard InChI is InChI=1S/C15H18N4/c1-3-19(4-2)15-7-5-13(6-8-15)17-18-14-9-11-16-12-10-14/h5-12H,3-4H2,1-2H3. The molecule has 0 aliphatic rings. The Hall–Kier alpha value is -2.23. The molecule has 1 aromatic heterocycles. The molecule has 0 amide bonds. The molecule has 1 heterocycles. The van der Waals surface area contributed by atoms with Gasteiger partial charge in [0.2, 0.25) is 0 Å². The van der Waals surface area contributed by atoms with E-state index in [0.717, 1.165) is 24.5 Å². The molecule has 98 valence electrons. The average molecular weight is 254 g/mol. The van der Waals surface area contributed by atoms with Crippen molar-refractivity contribution in [1.29, 1.82) is 0 Å². The van der Waals surface area contributed by atoms with Crippen molar-refractivity contribution in [3.8, 4) is 0 Å². The number of azo groups is 1. The van der Waals surface area contributed by atoms with Crippen LogP contribution in [0.2, 0.25) is 0 Å². The summed E-state index contributed by atoms with van der Waals surface area (Å²) in [6, 6.07) is 11.8. The number of nitrogens with zero attached hydrogens (tertiary/aromatic N) is 4. The average Bonchev–Trinajstić information content (AvgIpc) is 2.49. The Kier molecular flexibility index (Phi) is 4.61. The molecule has 0 spiro atoms. The molecule has 0 radical (unpaired) electrons. The quantitative estimate of drug-likeness (QED) is 0.744. The number of hydrogen-bond acceptors (Lipinski definition) is 4. The van der Waals surface area contributed by atoms with E-state index in [1.54, 1.807) is 12.4 Å². The number of pyridine rings is 1. The highest BCUT2D eigenvalue weighted by atomic mass is 15.1. The van der Waals surface area contributed by atoms with E-state index in [2.05, 4.69) is 46.1 Å². The van der Waals surface area contributed by atoms with Gasteiger partial charge in [-0.3, -0.25) is 4.98 Å². The second-order valence-electron chi connectivity index (χ2n) is 4.09. The third-order valence-corrected chi connectivity index (χ3v) is 2.92. The zero-order chi connectivity index (χ0) is 13.5. The van der Waals surface area contributed by atoms with Crippen LogP contribution in [0.3, 0.4) is 0 Å². The summed E-state index contributed by atoms with van der Waals surface area (Å²) in [6.07, 6.45) is 3.41. The van der Waals surface area contributed by atoms with Crippen LogP contribution < -0.4 is 4.90 Å². The van der Waals surface area contributed by atoms with Crippen LogP contribution in [-0.2, 0) is 0 Å². The van der Waals surface area contributed by atoms with Gasteiger partial charge in [-0.15, -0.1) is 0 Å². The molecule has 0 atom stereocenters. The van der Waals surface area contributed by atoms with E-state index in [-0.39, 0.29) is 0 Å². The van der Waals surface area contributed by atoms with E-state index in [4.69, 9.17) is 0 Å². The van der Waals surface area contributed by atoms with Crippen molar-refractivity contribution < 1.29 is 0 Å². The van der Waals surface area contributed by atoms with Crippen LogP contribution in [0.5, 0.6) is 0 Å². The molecule has 2 aromatic rings. The Morgan fingerprint density at radius 1 is 0.842 bits per heavy atom. The first kappa shape index (κ1) is 13.2. The molecule has 4 heteroatoms. The van der Waals surface area contributed by atoms with Crippen molar-refractivity contribution in [2.45, 2.75) is 13.8 Å². The lowest BCUT2D eigenvalue weighted by atomic mass is 10.2. The van der Waals surface area contributed by atoms with Gasteiger partial charge in [-0.05, 0) is 50.2 Å². The van der Waals surface area contributed by atoms with Crippen molar-refractivity contribution in [2.24, 2.45) is 10.2 Å². The largest absolute Gasteiger partial charge is 0.372 e. The predicted molar refractivity (Wildman–Crippen MR) is 78.4 cm³/mol. The Labute approximate surface area is 113 Å². The first-order valence-electron chi connectivity index (χ1n) is 6.50. The summed E-state index contributed by atoms with van der Waals surface area (Å²) in [4.78, 5) is 6.24. The van der Waals surface area contributed by atoms with Crippen LogP contribution in [0.15, 0.2) is 59.0 Å². The highest BCUT2D eigenvalue weighted by Crippen LogP contribution is 2.21. The van der Waals surface area contributed by atoms with E-state index < -0.39 is 0 Å². The summed E-state index contributed by atoms with van der Waals surface area (Å²) in [7, 11) is 0. The summed E-state index contributed by atoms with van der Waals surface area (Å²) < 4.78 is 0. The first-order valence-corrected chi connectivity index (χ1v) is 6.50. The third-order valence-electron chi connectivity index (χ3n) is 2.92. The van der Waals surface area contributed by atoms with E-state index >= 15 is 0 Å². The molecular weight excluding hydrogens is 236 g/mol. The maximum absolute atomic E-state index is 4.21. The summed E-state index contributed by atoms with van der Waals surface area (Å²) in [6.45, 7) is 6.32. The van der Waals surface area contributed by atoms with E-state index in [1.165, 1.54) is 5.69 Å². The fourth-order valence-electron chi connectivity index (χ4n) is 1.85. The van der Waals surface area contributed by atoms with Crippen LogP contribution in [0.4, 0.5) is 17.1 Å². The van der Waals surface area contributed by atoms with E-state index in [1.807, 2.05) is 24.3 Å². The number of benzene rings is 1. The molecule has 0 unspecified atom stereocenters. The number of hydrogen-bond donors (Lipinski definition) is 0. The second-order valence-corrected chi connectivity index (χ2v) is 4.09. The molecule has 0 fully saturated rings. The Morgan fingerprint density at radius 3 is 1.89 bits per heavy atom. The first-order chi connectivity index (χ1) is 9.33. The summed E-state index contributed by atoms with van der Waals surface area (Å²) in [5.74, 6) is 0. The Morgan fingerprint density at radius 2 is 1.37 bits per heavy atom. The van der Waals surface area contributed by atoms with Gasteiger partial charge < -0.3 is 4.90 Å². The molecule has 4 nitrogen and oxygen atoms in total. The molecule has 0 bridgehead atoms. The van der Waals surface area contributed by atoms with Crippen LogP contribution >= 0.6 is 0 Å². The van der Waals surface area contributed by atoms with Gasteiger partial charge in [0.15, 0.2) is 0 Å². The van der Waals surface area contributed by atoms with Crippen molar-refractivity contribution in [3.63, 3.8) is 0 Å². The summed E-state index contributed by atoms with van der Waals surface area (Å²) in [5.41, 5.74) is 2.88. The molecule has 2 rings (SSSR count). The zero-order valence-corrected chi connectivity index (χ0v) is 11.3. The van der Waals surface area contributed by atoms with Gasteiger partial charge >= 0.3 is 0 Å². The van der Waals surface area contributed by atoms with Gasteiger partial charge in [-0.1, -0.05) is 0 Å². The lowest BCUT2D eigenvalue weighted by Gasteiger charge is -2.20. The molecule has 19 heavy (non-hydrogen) atoms. The zero-order valence-electron chi connectivity index (χ0n) is 11.3. The minimum absolute atomic E-state index is 0.808. The number of anilines is 1. The SMILES string of the molecule is CCN(CC)c1ccc(N=Nc2ccncc2)cc1. The van der Waals surface area contributed by atoms with Crippen LogP contribution in [0.1, 0.15) is 13.8 Å². The van der Waals surface area contributed by atoms with Gasteiger partial charge in [0.1, 0.15) is 0 Å². The minimum atomic E-state index is 0.808. The maximum atomic E-state index is 4.21. The maximum Gasteiger partial charge on any atom is 0.0887 e.